The minimum Gasteiger partial charge on any atom is -0.339 e. The van der Waals surface area contributed by atoms with Crippen molar-refractivity contribution in [3.63, 3.8) is 0 Å². The summed E-state index contributed by atoms with van der Waals surface area (Å²) >= 11 is 0. The molecule has 0 N–H and O–H groups in total. The zero-order chi connectivity index (χ0) is 14.4. The van der Waals surface area contributed by atoms with Gasteiger partial charge in [0.05, 0.1) is 6.54 Å². The molecule has 2 aliphatic heterocycles. The van der Waals surface area contributed by atoms with E-state index in [9.17, 15) is 0 Å². The fourth-order valence-electron chi connectivity index (χ4n) is 4.20. The van der Waals surface area contributed by atoms with E-state index in [0.717, 1.165) is 37.4 Å². The van der Waals surface area contributed by atoms with Crippen LogP contribution in [-0.2, 0) is 6.54 Å². The minimum atomic E-state index is 0.558. The maximum absolute atomic E-state index is 5.38. The summed E-state index contributed by atoms with van der Waals surface area (Å²) in [5.41, 5.74) is 0. The maximum Gasteiger partial charge on any atom is 0.229 e. The summed E-state index contributed by atoms with van der Waals surface area (Å²) in [7, 11) is 0. The summed E-state index contributed by atoms with van der Waals surface area (Å²) in [4.78, 5) is 9.85. The van der Waals surface area contributed by atoms with Gasteiger partial charge >= 0.3 is 0 Å². The Kier molecular flexibility index (Phi) is 3.50. The van der Waals surface area contributed by atoms with Crippen LogP contribution in [0.15, 0.2) is 4.52 Å². The van der Waals surface area contributed by atoms with Crippen molar-refractivity contribution in [3.05, 3.63) is 11.7 Å². The van der Waals surface area contributed by atoms with Crippen LogP contribution in [-0.4, -0.2) is 51.2 Å². The summed E-state index contributed by atoms with van der Waals surface area (Å²) < 4.78 is 5.38. The van der Waals surface area contributed by atoms with Gasteiger partial charge in [0.25, 0.3) is 0 Å². The number of rotatable bonds is 4. The summed E-state index contributed by atoms with van der Waals surface area (Å²) in [6, 6.07) is 2.16. The second kappa shape index (κ2) is 5.36. The van der Waals surface area contributed by atoms with Gasteiger partial charge in [-0.3, -0.25) is 9.80 Å². The molecule has 2 atom stereocenters. The number of fused-ring (bicyclic) bond motifs is 2. The first-order valence-electron chi connectivity index (χ1n) is 8.53. The highest BCUT2D eigenvalue weighted by atomic mass is 16.5. The number of nitrogens with zero attached hydrogens (tertiary/aromatic N) is 4. The molecule has 21 heavy (non-hydrogen) atoms. The normalized spacial score (nSPS) is 31.0. The standard InChI is InChI=1S/C16H26N4O/c1-11(2)20-13-5-6-14(20)9-19(8-7-13)10-15-17-16(21-18-15)12-3-4-12/h11-14H,3-10H2,1-2H3/t13-,14-/m0/s1. The van der Waals surface area contributed by atoms with Crippen molar-refractivity contribution < 1.29 is 4.52 Å². The molecule has 0 unspecified atom stereocenters. The smallest absolute Gasteiger partial charge is 0.229 e. The van der Waals surface area contributed by atoms with Gasteiger partial charge in [-0.1, -0.05) is 5.16 Å². The summed E-state index contributed by atoms with van der Waals surface area (Å²) in [5.74, 6) is 2.30. The van der Waals surface area contributed by atoms with E-state index in [4.69, 9.17) is 4.52 Å². The molecule has 1 aliphatic carbocycles. The van der Waals surface area contributed by atoms with Crippen LogP contribution < -0.4 is 0 Å². The predicted molar refractivity (Wildman–Crippen MR) is 80.0 cm³/mol. The first kappa shape index (κ1) is 13.7. The van der Waals surface area contributed by atoms with E-state index in [1.54, 1.807) is 0 Å². The summed E-state index contributed by atoms with van der Waals surface area (Å²) in [6.45, 7) is 7.84. The largest absolute Gasteiger partial charge is 0.339 e. The third kappa shape index (κ3) is 2.73. The van der Waals surface area contributed by atoms with Gasteiger partial charge in [-0.2, -0.15) is 4.98 Å². The Morgan fingerprint density at radius 2 is 1.95 bits per heavy atom. The fourth-order valence-corrected chi connectivity index (χ4v) is 4.20. The highest BCUT2D eigenvalue weighted by Gasteiger charge is 2.38. The van der Waals surface area contributed by atoms with Gasteiger partial charge in [0.15, 0.2) is 5.82 Å². The van der Waals surface area contributed by atoms with E-state index in [1.807, 2.05) is 0 Å². The highest BCUT2D eigenvalue weighted by Crippen LogP contribution is 2.39. The molecule has 1 aromatic rings. The van der Waals surface area contributed by atoms with Crippen molar-refractivity contribution in [2.24, 2.45) is 0 Å². The predicted octanol–water partition coefficient (Wildman–Crippen LogP) is 2.39. The first-order chi connectivity index (χ1) is 10.2. The summed E-state index contributed by atoms with van der Waals surface area (Å²) in [6.07, 6.45) is 6.45. The lowest BCUT2D eigenvalue weighted by Crippen LogP contribution is -2.43. The Morgan fingerprint density at radius 3 is 2.71 bits per heavy atom. The third-order valence-corrected chi connectivity index (χ3v) is 5.30. The number of hydrogen-bond donors (Lipinski definition) is 0. The topological polar surface area (TPSA) is 45.4 Å². The fraction of sp³-hybridized carbons (Fsp3) is 0.875. The molecule has 0 radical (unpaired) electrons. The Balaban J connectivity index is 1.42. The number of likely N-dealkylation sites (tertiary alicyclic amines) is 1. The van der Waals surface area contributed by atoms with Gasteiger partial charge in [-0.25, -0.2) is 0 Å². The molecule has 3 heterocycles. The minimum absolute atomic E-state index is 0.558. The van der Waals surface area contributed by atoms with Gasteiger partial charge in [-0.05, 0) is 46.0 Å². The Hall–Kier alpha value is -0.940. The van der Waals surface area contributed by atoms with E-state index >= 15 is 0 Å². The van der Waals surface area contributed by atoms with Gasteiger partial charge < -0.3 is 4.52 Å². The van der Waals surface area contributed by atoms with Crippen molar-refractivity contribution in [1.29, 1.82) is 0 Å². The first-order valence-corrected chi connectivity index (χ1v) is 8.53. The van der Waals surface area contributed by atoms with Crippen molar-refractivity contribution in [2.75, 3.05) is 13.1 Å². The van der Waals surface area contributed by atoms with Crippen molar-refractivity contribution in [3.8, 4) is 0 Å². The van der Waals surface area contributed by atoms with Crippen LogP contribution in [0.25, 0.3) is 0 Å². The molecule has 3 fully saturated rings. The second-order valence-electron chi connectivity index (χ2n) is 7.27. The molecule has 1 aromatic heterocycles. The monoisotopic (exact) mass is 290 g/mol. The molecular weight excluding hydrogens is 264 g/mol. The van der Waals surface area contributed by atoms with Crippen molar-refractivity contribution >= 4 is 0 Å². The van der Waals surface area contributed by atoms with Crippen LogP contribution >= 0.6 is 0 Å². The molecule has 5 heteroatoms. The SMILES string of the molecule is CC(C)N1[C@H]2CC[C@H]1CN(Cc1noc(C3CC3)n1)CC2. The molecule has 4 rings (SSSR count). The molecule has 0 spiro atoms. The number of hydrogen-bond acceptors (Lipinski definition) is 5. The molecule has 1 saturated carbocycles. The van der Waals surface area contributed by atoms with Gasteiger partial charge in [0.1, 0.15) is 0 Å². The second-order valence-corrected chi connectivity index (χ2v) is 7.27. The van der Waals surface area contributed by atoms with Gasteiger partial charge in [0, 0.05) is 37.1 Å². The lowest BCUT2D eigenvalue weighted by atomic mass is 10.1. The molecule has 5 nitrogen and oxygen atoms in total. The molecule has 0 aromatic carbocycles. The zero-order valence-corrected chi connectivity index (χ0v) is 13.2. The van der Waals surface area contributed by atoms with E-state index in [-0.39, 0.29) is 0 Å². The lowest BCUT2D eigenvalue weighted by Gasteiger charge is -2.32. The van der Waals surface area contributed by atoms with Crippen molar-refractivity contribution in [1.82, 2.24) is 19.9 Å². The van der Waals surface area contributed by atoms with E-state index in [0.29, 0.717) is 18.0 Å². The zero-order valence-electron chi connectivity index (χ0n) is 13.2. The van der Waals surface area contributed by atoms with Gasteiger partial charge in [-0.15, -0.1) is 0 Å². The molecule has 3 aliphatic rings. The van der Waals surface area contributed by atoms with E-state index < -0.39 is 0 Å². The van der Waals surface area contributed by atoms with Crippen LogP contribution in [0.1, 0.15) is 63.6 Å². The quantitative estimate of drug-likeness (QED) is 0.852. The molecular formula is C16H26N4O. The molecule has 2 saturated heterocycles. The Labute approximate surface area is 126 Å². The van der Waals surface area contributed by atoms with E-state index in [1.165, 1.54) is 32.1 Å². The third-order valence-electron chi connectivity index (χ3n) is 5.30. The number of aromatic nitrogens is 2. The van der Waals surface area contributed by atoms with Crippen LogP contribution in [0.4, 0.5) is 0 Å². The highest BCUT2D eigenvalue weighted by molar-refractivity contribution is 5.02. The maximum atomic E-state index is 5.38. The Bertz CT molecular complexity index is 496. The van der Waals surface area contributed by atoms with Crippen LogP contribution in [0.5, 0.6) is 0 Å². The average molecular weight is 290 g/mol. The molecule has 2 bridgehead atoms. The summed E-state index contributed by atoms with van der Waals surface area (Å²) in [5, 5.41) is 4.18. The Morgan fingerprint density at radius 1 is 1.14 bits per heavy atom. The average Bonchev–Trinajstić information content (AvgIpc) is 3.09. The molecule has 0 amide bonds. The van der Waals surface area contributed by atoms with Crippen molar-refractivity contribution in [2.45, 2.75) is 76.5 Å². The van der Waals surface area contributed by atoms with Gasteiger partial charge in [0.2, 0.25) is 5.89 Å². The molecule has 116 valence electrons. The van der Waals surface area contributed by atoms with Crippen LogP contribution in [0.2, 0.25) is 0 Å². The van der Waals surface area contributed by atoms with Crippen LogP contribution in [0, 0.1) is 0 Å². The van der Waals surface area contributed by atoms with E-state index in [2.05, 4.69) is 33.8 Å². The lowest BCUT2D eigenvalue weighted by molar-refractivity contribution is 0.144. The van der Waals surface area contributed by atoms with Crippen LogP contribution in [0.3, 0.4) is 0 Å².